The zero-order chi connectivity index (χ0) is 16.1. The maximum Gasteiger partial charge on any atom is 0.119 e. The summed E-state index contributed by atoms with van der Waals surface area (Å²) in [7, 11) is 0. The van der Waals surface area contributed by atoms with Gasteiger partial charge in [0.05, 0.1) is 6.54 Å². The Bertz CT molecular complexity index is 602. The fraction of sp³-hybridized carbons (Fsp3) is 0.400. The van der Waals surface area contributed by atoms with Crippen LogP contribution in [0.2, 0.25) is 0 Å². The van der Waals surface area contributed by atoms with Crippen molar-refractivity contribution in [1.29, 1.82) is 0 Å². The highest BCUT2D eigenvalue weighted by Crippen LogP contribution is 2.20. The summed E-state index contributed by atoms with van der Waals surface area (Å²) in [5, 5.41) is 3.44. The first-order valence-electron chi connectivity index (χ1n) is 8.03. The minimum atomic E-state index is 0.117. The summed E-state index contributed by atoms with van der Waals surface area (Å²) in [6.45, 7) is 11.5. The van der Waals surface area contributed by atoms with Gasteiger partial charge in [0.25, 0.3) is 0 Å². The van der Waals surface area contributed by atoms with Crippen LogP contribution in [-0.4, -0.2) is 12.6 Å². The first-order valence-corrected chi connectivity index (χ1v) is 8.03. The molecule has 0 saturated heterocycles. The van der Waals surface area contributed by atoms with Crippen molar-refractivity contribution >= 4 is 5.69 Å². The van der Waals surface area contributed by atoms with Gasteiger partial charge in [-0.1, -0.05) is 32.0 Å². The quantitative estimate of drug-likeness (QED) is 0.780. The van der Waals surface area contributed by atoms with Crippen molar-refractivity contribution in [1.82, 2.24) is 0 Å². The highest BCUT2D eigenvalue weighted by Gasteiger charge is 2.05. The van der Waals surface area contributed by atoms with E-state index >= 15 is 0 Å². The van der Waals surface area contributed by atoms with Crippen LogP contribution in [0.15, 0.2) is 42.5 Å². The first-order chi connectivity index (χ1) is 10.5. The number of hydrogen-bond donors (Lipinski definition) is 1. The van der Waals surface area contributed by atoms with E-state index in [2.05, 4.69) is 82.4 Å². The normalized spacial score (nSPS) is 12.3. The van der Waals surface area contributed by atoms with Crippen molar-refractivity contribution in [3.63, 3.8) is 0 Å². The van der Waals surface area contributed by atoms with Crippen LogP contribution < -0.4 is 10.1 Å². The predicted molar refractivity (Wildman–Crippen MR) is 95.0 cm³/mol. The van der Waals surface area contributed by atoms with Gasteiger partial charge < -0.3 is 10.1 Å². The molecule has 2 rings (SSSR count). The van der Waals surface area contributed by atoms with Gasteiger partial charge in [-0.2, -0.15) is 0 Å². The van der Waals surface area contributed by atoms with E-state index < -0.39 is 0 Å². The third-order valence-corrected chi connectivity index (χ3v) is 3.98. The van der Waals surface area contributed by atoms with Gasteiger partial charge in [0, 0.05) is 5.69 Å². The number of aryl methyl sites for hydroxylation is 2. The van der Waals surface area contributed by atoms with Gasteiger partial charge in [-0.25, -0.2) is 0 Å². The second kappa shape index (κ2) is 7.35. The van der Waals surface area contributed by atoms with Crippen LogP contribution in [0.3, 0.4) is 0 Å². The lowest BCUT2D eigenvalue weighted by molar-refractivity contribution is 0.234. The van der Waals surface area contributed by atoms with Gasteiger partial charge >= 0.3 is 0 Å². The Hall–Kier alpha value is -1.96. The minimum absolute atomic E-state index is 0.117. The van der Waals surface area contributed by atoms with Crippen LogP contribution in [0.1, 0.15) is 43.4 Å². The Kier molecular flexibility index (Phi) is 5.48. The minimum Gasteiger partial charge on any atom is -0.489 e. The van der Waals surface area contributed by atoms with E-state index in [1.165, 1.54) is 16.7 Å². The molecule has 0 radical (unpaired) electrons. The monoisotopic (exact) mass is 297 g/mol. The Balaban J connectivity index is 1.87. The lowest BCUT2D eigenvalue weighted by atomic mass is 10.0. The fourth-order valence-corrected chi connectivity index (χ4v) is 2.32. The predicted octanol–water partition coefficient (Wildman–Crippen LogP) is 5.31. The van der Waals surface area contributed by atoms with E-state index in [0.717, 1.165) is 18.0 Å². The molecule has 1 N–H and O–H groups in total. The van der Waals surface area contributed by atoms with Crippen molar-refractivity contribution in [3.05, 3.63) is 59.2 Å². The van der Waals surface area contributed by atoms with Crippen molar-refractivity contribution in [3.8, 4) is 5.75 Å². The highest BCUT2D eigenvalue weighted by molar-refractivity contribution is 5.48. The van der Waals surface area contributed by atoms with E-state index in [4.69, 9.17) is 4.74 Å². The molecule has 0 aliphatic carbocycles. The van der Waals surface area contributed by atoms with Crippen LogP contribution >= 0.6 is 0 Å². The van der Waals surface area contributed by atoms with Crippen LogP contribution in [0.5, 0.6) is 5.75 Å². The molecule has 1 atom stereocenters. The lowest BCUT2D eigenvalue weighted by Gasteiger charge is -2.17. The van der Waals surface area contributed by atoms with Gasteiger partial charge in [0.2, 0.25) is 0 Å². The van der Waals surface area contributed by atoms with Crippen molar-refractivity contribution in [2.75, 3.05) is 11.9 Å². The van der Waals surface area contributed by atoms with Crippen molar-refractivity contribution in [2.24, 2.45) is 0 Å². The summed E-state index contributed by atoms with van der Waals surface area (Å²) in [4.78, 5) is 0. The number of anilines is 1. The second-order valence-electron chi connectivity index (χ2n) is 6.33. The molecule has 118 valence electrons. The molecule has 2 aromatic carbocycles. The van der Waals surface area contributed by atoms with Crippen molar-refractivity contribution < 1.29 is 4.74 Å². The zero-order valence-corrected chi connectivity index (χ0v) is 14.3. The standard InChI is InChI=1S/C20H27NO/c1-14(2)18-7-10-20(11-8-18)22-17(5)13-21-19-9-6-15(3)16(4)12-19/h6-12,14,17,21H,13H2,1-5H3. The third-order valence-electron chi connectivity index (χ3n) is 3.98. The van der Waals surface area contributed by atoms with E-state index in [1.807, 2.05) is 0 Å². The number of nitrogens with one attached hydrogen (secondary N) is 1. The molecular formula is C20H27NO. The molecule has 2 heteroatoms. The number of ether oxygens (including phenoxy) is 1. The average Bonchev–Trinajstić information content (AvgIpc) is 2.49. The summed E-state index contributed by atoms with van der Waals surface area (Å²) in [5.74, 6) is 1.48. The molecule has 1 unspecified atom stereocenters. The second-order valence-corrected chi connectivity index (χ2v) is 6.33. The molecule has 0 saturated carbocycles. The van der Waals surface area contributed by atoms with Crippen LogP contribution in [-0.2, 0) is 0 Å². The van der Waals surface area contributed by atoms with Crippen LogP contribution in [0, 0.1) is 13.8 Å². The summed E-state index contributed by atoms with van der Waals surface area (Å²) >= 11 is 0. The van der Waals surface area contributed by atoms with E-state index in [0.29, 0.717) is 5.92 Å². The lowest BCUT2D eigenvalue weighted by Crippen LogP contribution is -2.22. The molecule has 0 aromatic heterocycles. The molecule has 0 aliphatic rings. The molecule has 0 aliphatic heterocycles. The van der Waals surface area contributed by atoms with Crippen LogP contribution in [0.4, 0.5) is 5.69 Å². The van der Waals surface area contributed by atoms with Crippen LogP contribution in [0.25, 0.3) is 0 Å². The SMILES string of the molecule is Cc1ccc(NCC(C)Oc2ccc(C(C)C)cc2)cc1C. The fourth-order valence-electron chi connectivity index (χ4n) is 2.32. The molecule has 2 nitrogen and oxygen atoms in total. The average molecular weight is 297 g/mol. The van der Waals surface area contributed by atoms with Gasteiger partial charge in [0.15, 0.2) is 0 Å². The summed E-state index contributed by atoms with van der Waals surface area (Å²) in [5.41, 5.74) is 5.12. The molecule has 2 aromatic rings. The maximum atomic E-state index is 5.96. The zero-order valence-electron chi connectivity index (χ0n) is 14.3. The van der Waals surface area contributed by atoms with Gasteiger partial charge in [-0.15, -0.1) is 0 Å². The van der Waals surface area contributed by atoms with Gasteiger partial charge in [0.1, 0.15) is 11.9 Å². The Labute approximate surface area is 134 Å². The largest absolute Gasteiger partial charge is 0.489 e. The molecule has 0 amide bonds. The highest BCUT2D eigenvalue weighted by atomic mass is 16.5. The molecule has 22 heavy (non-hydrogen) atoms. The summed E-state index contributed by atoms with van der Waals surface area (Å²) < 4.78 is 5.96. The molecule has 0 bridgehead atoms. The summed E-state index contributed by atoms with van der Waals surface area (Å²) in [6, 6.07) is 14.8. The summed E-state index contributed by atoms with van der Waals surface area (Å²) in [6.07, 6.45) is 0.117. The van der Waals surface area contributed by atoms with Gasteiger partial charge in [-0.05, 0) is 67.6 Å². The molecule has 0 heterocycles. The number of hydrogen-bond acceptors (Lipinski definition) is 2. The molecule has 0 fully saturated rings. The van der Waals surface area contributed by atoms with E-state index in [-0.39, 0.29) is 6.10 Å². The molecule has 0 spiro atoms. The Morgan fingerprint density at radius 1 is 0.909 bits per heavy atom. The third kappa shape index (κ3) is 4.52. The van der Waals surface area contributed by atoms with Gasteiger partial charge in [-0.3, -0.25) is 0 Å². The number of rotatable bonds is 6. The smallest absolute Gasteiger partial charge is 0.119 e. The number of benzene rings is 2. The first kappa shape index (κ1) is 16.4. The van der Waals surface area contributed by atoms with Crippen molar-refractivity contribution in [2.45, 2.75) is 46.6 Å². The topological polar surface area (TPSA) is 21.3 Å². The molecular weight excluding hydrogens is 270 g/mol. The Morgan fingerprint density at radius 3 is 2.18 bits per heavy atom. The van der Waals surface area contributed by atoms with E-state index in [1.54, 1.807) is 0 Å². The maximum absolute atomic E-state index is 5.96. The Morgan fingerprint density at radius 2 is 1.59 bits per heavy atom. The van der Waals surface area contributed by atoms with E-state index in [9.17, 15) is 0 Å².